The zero-order chi connectivity index (χ0) is 15.0. The SMILES string of the molecule is CCCCC(CC)CNC(=O)C(N)c1ccc(C)cc1. The summed E-state index contributed by atoms with van der Waals surface area (Å²) < 4.78 is 0. The molecule has 0 bridgehead atoms. The van der Waals surface area contributed by atoms with E-state index in [1.165, 1.54) is 24.8 Å². The Hall–Kier alpha value is -1.35. The quantitative estimate of drug-likeness (QED) is 0.765. The molecule has 0 aliphatic carbocycles. The molecule has 1 aromatic carbocycles. The van der Waals surface area contributed by atoms with E-state index in [-0.39, 0.29) is 5.91 Å². The third-order valence-electron chi connectivity index (χ3n) is 3.83. The van der Waals surface area contributed by atoms with Gasteiger partial charge < -0.3 is 11.1 Å². The number of aryl methyl sites for hydroxylation is 1. The predicted octanol–water partition coefficient (Wildman–Crippen LogP) is 3.33. The van der Waals surface area contributed by atoms with Gasteiger partial charge in [0.05, 0.1) is 0 Å². The number of unbranched alkanes of at least 4 members (excludes halogenated alkanes) is 1. The lowest BCUT2D eigenvalue weighted by Crippen LogP contribution is -2.36. The van der Waals surface area contributed by atoms with Crippen molar-refractivity contribution in [3.8, 4) is 0 Å². The van der Waals surface area contributed by atoms with Gasteiger partial charge in [0.25, 0.3) is 0 Å². The molecule has 112 valence electrons. The maximum Gasteiger partial charge on any atom is 0.241 e. The first-order valence-corrected chi connectivity index (χ1v) is 7.68. The number of amides is 1. The van der Waals surface area contributed by atoms with Crippen molar-refractivity contribution in [2.24, 2.45) is 11.7 Å². The summed E-state index contributed by atoms with van der Waals surface area (Å²) in [6.45, 7) is 7.12. The molecular weight excluding hydrogens is 248 g/mol. The molecule has 3 heteroatoms. The second-order valence-electron chi connectivity index (χ2n) is 5.55. The van der Waals surface area contributed by atoms with E-state index in [9.17, 15) is 4.79 Å². The molecule has 0 saturated carbocycles. The lowest BCUT2D eigenvalue weighted by molar-refractivity contribution is -0.122. The maximum absolute atomic E-state index is 12.1. The van der Waals surface area contributed by atoms with Crippen molar-refractivity contribution < 1.29 is 4.79 Å². The fourth-order valence-corrected chi connectivity index (χ4v) is 2.22. The number of nitrogens with two attached hydrogens (primary N) is 1. The van der Waals surface area contributed by atoms with Gasteiger partial charge in [0.2, 0.25) is 5.91 Å². The van der Waals surface area contributed by atoms with Gasteiger partial charge in [-0.3, -0.25) is 4.79 Å². The van der Waals surface area contributed by atoms with Gasteiger partial charge in [-0.25, -0.2) is 0 Å². The van der Waals surface area contributed by atoms with Gasteiger partial charge >= 0.3 is 0 Å². The number of rotatable bonds is 8. The van der Waals surface area contributed by atoms with Gasteiger partial charge in [0.15, 0.2) is 0 Å². The van der Waals surface area contributed by atoms with E-state index < -0.39 is 6.04 Å². The van der Waals surface area contributed by atoms with E-state index in [4.69, 9.17) is 5.73 Å². The highest BCUT2D eigenvalue weighted by atomic mass is 16.2. The van der Waals surface area contributed by atoms with Gasteiger partial charge in [0.1, 0.15) is 6.04 Å². The normalized spacial score (nSPS) is 13.8. The molecular formula is C17H28N2O. The lowest BCUT2D eigenvalue weighted by Gasteiger charge is -2.18. The van der Waals surface area contributed by atoms with E-state index in [0.29, 0.717) is 5.92 Å². The second-order valence-corrected chi connectivity index (χ2v) is 5.55. The van der Waals surface area contributed by atoms with Crippen LogP contribution in [0, 0.1) is 12.8 Å². The summed E-state index contributed by atoms with van der Waals surface area (Å²) >= 11 is 0. The third-order valence-corrected chi connectivity index (χ3v) is 3.83. The van der Waals surface area contributed by atoms with Crippen molar-refractivity contribution in [1.29, 1.82) is 0 Å². The highest BCUT2D eigenvalue weighted by Crippen LogP contribution is 2.14. The van der Waals surface area contributed by atoms with Crippen LogP contribution in [0.4, 0.5) is 0 Å². The average molecular weight is 276 g/mol. The number of hydrogen-bond donors (Lipinski definition) is 2. The van der Waals surface area contributed by atoms with Crippen molar-refractivity contribution in [2.75, 3.05) is 6.54 Å². The van der Waals surface area contributed by atoms with Crippen LogP contribution in [0.3, 0.4) is 0 Å². The number of carbonyl (C=O) groups excluding carboxylic acids is 1. The maximum atomic E-state index is 12.1. The molecule has 2 atom stereocenters. The zero-order valence-electron chi connectivity index (χ0n) is 13.0. The zero-order valence-corrected chi connectivity index (χ0v) is 13.0. The Morgan fingerprint density at radius 2 is 1.90 bits per heavy atom. The predicted molar refractivity (Wildman–Crippen MR) is 84.4 cm³/mol. The molecule has 1 amide bonds. The number of nitrogens with one attached hydrogen (secondary N) is 1. The molecule has 0 fully saturated rings. The van der Waals surface area contributed by atoms with Gasteiger partial charge in [-0.2, -0.15) is 0 Å². The number of carbonyl (C=O) groups is 1. The molecule has 1 aromatic rings. The molecule has 0 aliphatic heterocycles. The smallest absolute Gasteiger partial charge is 0.241 e. The molecule has 0 heterocycles. The number of hydrogen-bond acceptors (Lipinski definition) is 2. The Morgan fingerprint density at radius 3 is 2.45 bits per heavy atom. The Balaban J connectivity index is 2.47. The number of benzene rings is 1. The third kappa shape index (κ3) is 5.33. The molecule has 20 heavy (non-hydrogen) atoms. The Kier molecular flexibility index (Phi) is 7.31. The van der Waals surface area contributed by atoms with Gasteiger partial charge in [-0.15, -0.1) is 0 Å². The summed E-state index contributed by atoms with van der Waals surface area (Å²) in [6, 6.07) is 7.25. The fraction of sp³-hybridized carbons (Fsp3) is 0.588. The first kappa shape index (κ1) is 16.7. The first-order chi connectivity index (χ1) is 9.58. The van der Waals surface area contributed by atoms with E-state index in [1.807, 2.05) is 31.2 Å². The summed E-state index contributed by atoms with van der Waals surface area (Å²) in [7, 11) is 0. The van der Waals surface area contributed by atoms with Crippen LogP contribution >= 0.6 is 0 Å². The second kappa shape index (κ2) is 8.75. The van der Waals surface area contributed by atoms with Crippen LogP contribution in [-0.2, 0) is 4.79 Å². The molecule has 0 aromatic heterocycles. The monoisotopic (exact) mass is 276 g/mol. The summed E-state index contributed by atoms with van der Waals surface area (Å²) in [6.07, 6.45) is 4.69. The van der Waals surface area contributed by atoms with E-state index in [1.54, 1.807) is 0 Å². The molecule has 1 rings (SSSR count). The Morgan fingerprint density at radius 1 is 1.25 bits per heavy atom. The molecule has 3 N–H and O–H groups in total. The Labute approximate surface area is 122 Å². The first-order valence-electron chi connectivity index (χ1n) is 7.68. The van der Waals surface area contributed by atoms with Crippen molar-refractivity contribution in [3.63, 3.8) is 0 Å². The summed E-state index contributed by atoms with van der Waals surface area (Å²) in [5.74, 6) is 0.480. The van der Waals surface area contributed by atoms with E-state index in [2.05, 4.69) is 19.2 Å². The summed E-state index contributed by atoms with van der Waals surface area (Å²) in [5.41, 5.74) is 8.05. The molecule has 0 aliphatic rings. The van der Waals surface area contributed by atoms with Crippen LogP contribution in [0.2, 0.25) is 0 Å². The highest BCUT2D eigenvalue weighted by Gasteiger charge is 2.16. The lowest BCUT2D eigenvalue weighted by atomic mass is 9.99. The molecule has 3 nitrogen and oxygen atoms in total. The van der Waals surface area contributed by atoms with Crippen molar-refractivity contribution in [3.05, 3.63) is 35.4 Å². The molecule has 0 radical (unpaired) electrons. The van der Waals surface area contributed by atoms with Crippen molar-refractivity contribution in [2.45, 2.75) is 52.5 Å². The average Bonchev–Trinajstić information content (AvgIpc) is 2.47. The molecule has 0 spiro atoms. The van der Waals surface area contributed by atoms with Gasteiger partial charge in [-0.05, 0) is 24.8 Å². The van der Waals surface area contributed by atoms with Crippen LogP contribution in [0.5, 0.6) is 0 Å². The Bertz CT molecular complexity index is 400. The summed E-state index contributed by atoms with van der Waals surface area (Å²) in [4.78, 5) is 12.1. The van der Waals surface area contributed by atoms with Crippen LogP contribution in [-0.4, -0.2) is 12.5 Å². The van der Waals surface area contributed by atoms with Crippen LogP contribution < -0.4 is 11.1 Å². The van der Waals surface area contributed by atoms with Crippen molar-refractivity contribution >= 4 is 5.91 Å². The standard InChI is InChI=1S/C17H28N2O/c1-4-6-7-14(5-2)12-19-17(20)16(18)15-10-8-13(3)9-11-15/h8-11,14,16H,4-7,12,18H2,1-3H3,(H,19,20). The fourth-order valence-electron chi connectivity index (χ4n) is 2.22. The highest BCUT2D eigenvalue weighted by molar-refractivity contribution is 5.82. The molecule has 0 saturated heterocycles. The molecule has 2 unspecified atom stereocenters. The minimum atomic E-state index is -0.570. The van der Waals surface area contributed by atoms with Crippen LogP contribution in [0.15, 0.2) is 24.3 Å². The van der Waals surface area contributed by atoms with Crippen LogP contribution in [0.1, 0.15) is 56.7 Å². The minimum Gasteiger partial charge on any atom is -0.354 e. The summed E-state index contributed by atoms with van der Waals surface area (Å²) in [5, 5.41) is 2.99. The van der Waals surface area contributed by atoms with Crippen molar-refractivity contribution in [1.82, 2.24) is 5.32 Å². The van der Waals surface area contributed by atoms with E-state index in [0.717, 1.165) is 18.5 Å². The van der Waals surface area contributed by atoms with Gasteiger partial charge in [0, 0.05) is 6.54 Å². The largest absolute Gasteiger partial charge is 0.354 e. The van der Waals surface area contributed by atoms with Crippen LogP contribution in [0.25, 0.3) is 0 Å². The van der Waals surface area contributed by atoms with Gasteiger partial charge in [-0.1, -0.05) is 62.9 Å². The van der Waals surface area contributed by atoms with E-state index >= 15 is 0 Å². The minimum absolute atomic E-state index is 0.0798. The topological polar surface area (TPSA) is 55.1 Å².